The van der Waals surface area contributed by atoms with Gasteiger partial charge >= 0.3 is 0 Å². The molecule has 4 rings (SSSR count). The second kappa shape index (κ2) is 6.84. The SMILES string of the molecule is O=C(CC1NCCc2ccccc21)N1CCCOc2c(F)cccc21. The number of anilines is 1. The number of rotatable bonds is 2. The number of ether oxygens (including phenoxy) is 1. The van der Waals surface area contributed by atoms with Crippen molar-refractivity contribution in [3.63, 3.8) is 0 Å². The van der Waals surface area contributed by atoms with Gasteiger partial charge in [0.1, 0.15) is 0 Å². The zero-order valence-corrected chi connectivity index (χ0v) is 14.0. The van der Waals surface area contributed by atoms with Crippen LogP contribution in [0.3, 0.4) is 0 Å². The van der Waals surface area contributed by atoms with E-state index in [-0.39, 0.29) is 17.7 Å². The molecule has 1 N–H and O–H groups in total. The largest absolute Gasteiger partial charge is 0.488 e. The lowest BCUT2D eigenvalue weighted by Crippen LogP contribution is -2.37. The highest BCUT2D eigenvalue weighted by Crippen LogP contribution is 2.35. The van der Waals surface area contributed by atoms with E-state index in [9.17, 15) is 9.18 Å². The van der Waals surface area contributed by atoms with E-state index in [0.29, 0.717) is 31.7 Å². The number of carbonyl (C=O) groups excluding carboxylic acids is 1. The zero-order valence-electron chi connectivity index (χ0n) is 14.0. The standard InChI is InChI=1S/C20H21FN2O2/c21-16-7-3-8-18-20(16)25-12-4-11-23(18)19(24)13-17-15-6-2-1-5-14(15)9-10-22-17/h1-3,5-8,17,22H,4,9-13H2. The van der Waals surface area contributed by atoms with Gasteiger partial charge < -0.3 is 15.0 Å². The predicted molar refractivity (Wildman–Crippen MR) is 94.4 cm³/mol. The Labute approximate surface area is 146 Å². The summed E-state index contributed by atoms with van der Waals surface area (Å²) in [7, 11) is 0. The van der Waals surface area contributed by atoms with Gasteiger partial charge in [-0.25, -0.2) is 4.39 Å². The van der Waals surface area contributed by atoms with Crippen LogP contribution in [-0.2, 0) is 11.2 Å². The van der Waals surface area contributed by atoms with Crippen LogP contribution in [0.1, 0.15) is 30.0 Å². The molecule has 0 spiro atoms. The number of para-hydroxylation sites is 1. The number of hydrogen-bond acceptors (Lipinski definition) is 3. The molecule has 0 aliphatic carbocycles. The number of hydrogen-bond donors (Lipinski definition) is 1. The first-order valence-electron chi connectivity index (χ1n) is 8.77. The van der Waals surface area contributed by atoms with Gasteiger partial charge in [0.25, 0.3) is 0 Å². The average Bonchev–Trinajstić information content (AvgIpc) is 2.86. The maximum atomic E-state index is 14.1. The van der Waals surface area contributed by atoms with E-state index in [1.54, 1.807) is 17.0 Å². The van der Waals surface area contributed by atoms with Gasteiger partial charge in [-0.2, -0.15) is 0 Å². The van der Waals surface area contributed by atoms with Crippen molar-refractivity contribution in [2.75, 3.05) is 24.6 Å². The summed E-state index contributed by atoms with van der Waals surface area (Å²) in [5.74, 6) is -0.241. The van der Waals surface area contributed by atoms with Crippen LogP contribution in [0.2, 0.25) is 0 Å². The van der Waals surface area contributed by atoms with Crippen molar-refractivity contribution < 1.29 is 13.9 Å². The first-order valence-corrected chi connectivity index (χ1v) is 8.77. The van der Waals surface area contributed by atoms with Crippen molar-refractivity contribution in [1.82, 2.24) is 5.32 Å². The van der Waals surface area contributed by atoms with E-state index in [0.717, 1.165) is 13.0 Å². The maximum Gasteiger partial charge on any atom is 0.229 e. The lowest BCUT2D eigenvalue weighted by molar-refractivity contribution is -0.119. The first kappa shape index (κ1) is 16.1. The molecule has 25 heavy (non-hydrogen) atoms. The van der Waals surface area contributed by atoms with Crippen molar-refractivity contribution in [2.24, 2.45) is 0 Å². The Hall–Kier alpha value is -2.40. The Bertz CT molecular complexity index is 793. The van der Waals surface area contributed by atoms with E-state index in [2.05, 4.69) is 17.4 Å². The quantitative estimate of drug-likeness (QED) is 0.913. The summed E-state index contributed by atoms with van der Waals surface area (Å²) < 4.78 is 19.6. The summed E-state index contributed by atoms with van der Waals surface area (Å²) in [6.45, 7) is 1.83. The van der Waals surface area contributed by atoms with Gasteiger partial charge in [-0.15, -0.1) is 0 Å². The van der Waals surface area contributed by atoms with Gasteiger partial charge in [0.2, 0.25) is 5.91 Å². The third kappa shape index (κ3) is 3.12. The van der Waals surface area contributed by atoms with Crippen LogP contribution in [0.4, 0.5) is 10.1 Å². The molecule has 2 aliphatic rings. The van der Waals surface area contributed by atoms with Gasteiger partial charge in [0.15, 0.2) is 11.6 Å². The van der Waals surface area contributed by atoms with Gasteiger partial charge in [-0.05, 0) is 42.6 Å². The fourth-order valence-corrected chi connectivity index (χ4v) is 3.69. The molecule has 0 saturated heterocycles. The van der Waals surface area contributed by atoms with Crippen LogP contribution in [-0.4, -0.2) is 25.6 Å². The second-order valence-corrected chi connectivity index (χ2v) is 6.50. The normalized spacial score (nSPS) is 19.4. The van der Waals surface area contributed by atoms with Gasteiger partial charge in [0.05, 0.1) is 12.3 Å². The molecule has 5 heteroatoms. The molecule has 0 bridgehead atoms. The zero-order chi connectivity index (χ0) is 17.2. The highest BCUT2D eigenvalue weighted by atomic mass is 19.1. The number of nitrogens with one attached hydrogen (secondary N) is 1. The number of nitrogens with zero attached hydrogens (tertiary/aromatic N) is 1. The van der Waals surface area contributed by atoms with Crippen molar-refractivity contribution in [3.05, 3.63) is 59.4 Å². The Kier molecular flexibility index (Phi) is 4.40. The summed E-state index contributed by atoms with van der Waals surface area (Å²) in [5.41, 5.74) is 3.02. The minimum absolute atomic E-state index is 0.00127. The van der Waals surface area contributed by atoms with Gasteiger partial charge in [-0.1, -0.05) is 30.3 Å². The molecular formula is C20H21FN2O2. The van der Waals surface area contributed by atoms with Crippen LogP contribution in [0.25, 0.3) is 0 Å². The molecule has 2 aromatic carbocycles. The fraction of sp³-hybridized carbons (Fsp3) is 0.350. The monoisotopic (exact) mass is 340 g/mol. The second-order valence-electron chi connectivity index (χ2n) is 6.50. The number of carbonyl (C=O) groups is 1. The minimum Gasteiger partial charge on any atom is -0.488 e. The molecule has 0 fully saturated rings. The summed E-state index contributed by atoms with van der Waals surface area (Å²) in [6.07, 6.45) is 2.02. The molecule has 1 unspecified atom stereocenters. The molecule has 2 aromatic rings. The number of halogens is 1. The molecule has 0 radical (unpaired) electrons. The van der Waals surface area contributed by atoms with E-state index < -0.39 is 5.82 Å². The molecule has 1 amide bonds. The highest BCUT2D eigenvalue weighted by Gasteiger charge is 2.28. The summed E-state index contributed by atoms with van der Waals surface area (Å²) in [5, 5.41) is 3.44. The minimum atomic E-state index is -0.418. The third-order valence-corrected chi connectivity index (χ3v) is 4.90. The van der Waals surface area contributed by atoms with Crippen LogP contribution in [0, 0.1) is 5.82 Å². The first-order chi connectivity index (χ1) is 12.2. The van der Waals surface area contributed by atoms with Crippen molar-refractivity contribution in [3.8, 4) is 5.75 Å². The van der Waals surface area contributed by atoms with Gasteiger partial charge in [0, 0.05) is 19.0 Å². The van der Waals surface area contributed by atoms with Crippen LogP contribution < -0.4 is 15.0 Å². The van der Waals surface area contributed by atoms with Gasteiger partial charge in [-0.3, -0.25) is 4.79 Å². The lowest BCUT2D eigenvalue weighted by Gasteiger charge is -2.29. The van der Waals surface area contributed by atoms with Crippen molar-refractivity contribution >= 4 is 11.6 Å². The molecule has 2 heterocycles. The number of fused-ring (bicyclic) bond motifs is 2. The Balaban J connectivity index is 1.59. The summed E-state index contributed by atoms with van der Waals surface area (Å²) >= 11 is 0. The summed E-state index contributed by atoms with van der Waals surface area (Å²) in [6, 6.07) is 13.0. The Morgan fingerprint density at radius 2 is 2.12 bits per heavy atom. The Morgan fingerprint density at radius 3 is 3.04 bits per heavy atom. The van der Waals surface area contributed by atoms with Crippen molar-refractivity contribution in [1.29, 1.82) is 0 Å². The molecule has 1 atom stereocenters. The van der Waals surface area contributed by atoms with E-state index in [1.807, 2.05) is 12.1 Å². The summed E-state index contributed by atoms with van der Waals surface area (Å²) in [4.78, 5) is 14.7. The smallest absolute Gasteiger partial charge is 0.229 e. The molecule has 2 aliphatic heterocycles. The highest BCUT2D eigenvalue weighted by molar-refractivity contribution is 5.95. The van der Waals surface area contributed by atoms with Crippen molar-refractivity contribution in [2.45, 2.75) is 25.3 Å². The number of amides is 1. The molecule has 4 nitrogen and oxygen atoms in total. The van der Waals surface area contributed by atoms with Crippen LogP contribution >= 0.6 is 0 Å². The van der Waals surface area contributed by atoms with E-state index >= 15 is 0 Å². The molecule has 130 valence electrons. The lowest BCUT2D eigenvalue weighted by atomic mass is 9.92. The van der Waals surface area contributed by atoms with Crippen LogP contribution in [0.5, 0.6) is 5.75 Å². The fourth-order valence-electron chi connectivity index (χ4n) is 3.69. The Morgan fingerprint density at radius 1 is 1.24 bits per heavy atom. The predicted octanol–water partition coefficient (Wildman–Crippen LogP) is 3.22. The third-order valence-electron chi connectivity index (χ3n) is 4.90. The molecular weight excluding hydrogens is 319 g/mol. The van der Waals surface area contributed by atoms with E-state index in [4.69, 9.17) is 4.74 Å². The topological polar surface area (TPSA) is 41.6 Å². The molecule has 0 saturated carbocycles. The average molecular weight is 340 g/mol. The maximum absolute atomic E-state index is 14.1. The molecule has 0 aromatic heterocycles. The van der Waals surface area contributed by atoms with Crippen LogP contribution in [0.15, 0.2) is 42.5 Å². The van der Waals surface area contributed by atoms with E-state index in [1.165, 1.54) is 17.2 Å². The number of benzene rings is 2.